The van der Waals surface area contributed by atoms with Crippen molar-refractivity contribution in [2.75, 3.05) is 0 Å². The van der Waals surface area contributed by atoms with Gasteiger partial charge in [-0.15, -0.1) is 0 Å². The lowest BCUT2D eigenvalue weighted by Crippen LogP contribution is -2.26. The molecule has 1 unspecified atom stereocenters. The highest BCUT2D eigenvalue weighted by Gasteiger charge is 2.08. The van der Waals surface area contributed by atoms with Crippen molar-refractivity contribution in [2.24, 2.45) is 5.73 Å². The molecule has 0 radical (unpaired) electrons. The van der Waals surface area contributed by atoms with Crippen LogP contribution in [0.25, 0.3) is 0 Å². The zero-order valence-electron chi connectivity index (χ0n) is 10.9. The fraction of sp³-hybridized carbons (Fsp3) is 0.250. The van der Waals surface area contributed by atoms with Gasteiger partial charge in [-0.05, 0) is 60.7 Å². The molecule has 0 aliphatic carbocycles. The molecule has 0 amide bonds. The number of halogens is 2. The smallest absolute Gasteiger partial charge is 0.123 e. The van der Waals surface area contributed by atoms with Crippen LogP contribution in [0.5, 0.6) is 0 Å². The van der Waals surface area contributed by atoms with E-state index in [1.54, 1.807) is 12.1 Å². The topological polar surface area (TPSA) is 26.0 Å². The fourth-order valence-corrected chi connectivity index (χ4v) is 2.21. The second kappa shape index (κ2) is 5.93. The van der Waals surface area contributed by atoms with Crippen molar-refractivity contribution in [3.05, 3.63) is 70.8 Å². The third-order valence-corrected chi connectivity index (χ3v) is 3.17. The van der Waals surface area contributed by atoms with Crippen LogP contribution in [-0.2, 0) is 12.8 Å². The monoisotopic (exact) mass is 261 g/mol. The Morgan fingerprint density at radius 3 is 2.42 bits per heavy atom. The summed E-state index contributed by atoms with van der Waals surface area (Å²) in [5.74, 6) is -0.484. The molecule has 0 aromatic heterocycles. The van der Waals surface area contributed by atoms with Gasteiger partial charge in [-0.25, -0.2) is 8.78 Å². The van der Waals surface area contributed by atoms with Gasteiger partial charge in [0.25, 0.3) is 0 Å². The van der Waals surface area contributed by atoms with Crippen LogP contribution in [0, 0.1) is 18.6 Å². The first-order valence-corrected chi connectivity index (χ1v) is 6.29. The Kier molecular flexibility index (Phi) is 4.27. The van der Waals surface area contributed by atoms with Crippen LogP contribution < -0.4 is 5.73 Å². The van der Waals surface area contributed by atoms with E-state index in [2.05, 4.69) is 0 Å². The van der Waals surface area contributed by atoms with E-state index >= 15 is 0 Å². The number of hydrogen-bond donors (Lipinski definition) is 1. The Morgan fingerprint density at radius 1 is 1.00 bits per heavy atom. The minimum absolute atomic E-state index is 0.106. The van der Waals surface area contributed by atoms with Gasteiger partial charge < -0.3 is 5.73 Å². The summed E-state index contributed by atoms with van der Waals surface area (Å²) < 4.78 is 26.1. The molecule has 2 N–H and O–H groups in total. The second-order valence-electron chi connectivity index (χ2n) is 4.87. The first kappa shape index (κ1) is 13.7. The second-order valence-corrected chi connectivity index (χ2v) is 4.87. The third-order valence-electron chi connectivity index (χ3n) is 3.17. The molecule has 1 atom stereocenters. The van der Waals surface area contributed by atoms with Gasteiger partial charge in [-0.2, -0.15) is 0 Å². The molecule has 0 fully saturated rings. The van der Waals surface area contributed by atoms with Gasteiger partial charge in [-0.1, -0.05) is 18.2 Å². The van der Waals surface area contributed by atoms with E-state index in [1.807, 2.05) is 13.0 Å². The predicted octanol–water partition coefficient (Wildman–Crippen LogP) is 3.39. The van der Waals surface area contributed by atoms with Crippen molar-refractivity contribution >= 4 is 0 Å². The van der Waals surface area contributed by atoms with Crippen LogP contribution >= 0.6 is 0 Å². The largest absolute Gasteiger partial charge is 0.327 e. The van der Waals surface area contributed by atoms with Crippen molar-refractivity contribution in [1.82, 2.24) is 0 Å². The summed E-state index contributed by atoms with van der Waals surface area (Å²) in [6, 6.07) is 11.1. The van der Waals surface area contributed by atoms with Crippen LogP contribution in [0.15, 0.2) is 42.5 Å². The average molecular weight is 261 g/mol. The highest BCUT2D eigenvalue weighted by molar-refractivity contribution is 5.28. The van der Waals surface area contributed by atoms with Crippen molar-refractivity contribution in [3.8, 4) is 0 Å². The molecular formula is C16H17F2N. The van der Waals surface area contributed by atoms with Crippen molar-refractivity contribution in [3.63, 3.8) is 0 Å². The molecule has 19 heavy (non-hydrogen) atoms. The molecule has 0 aliphatic rings. The van der Waals surface area contributed by atoms with Crippen LogP contribution in [0.2, 0.25) is 0 Å². The number of hydrogen-bond acceptors (Lipinski definition) is 1. The lowest BCUT2D eigenvalue weighted by molar-refractivity contribution is 0.614. The summed E-state index contributed by atoms with van der Waals surface area (Å²) in [6.07, 6.45) is 1.26. The summed E-state index contributed by atoms with van der Waals surface area (Å²) in [6.45, 7) is 1.87. The number of benzene rings is 2. The minimum Gasteiger partial charge on any atom is -0.327 e. The molecule has 0 aliphatic heterocycles. The molecule has 100 valence electrons. The maximum Gasteiger partial charge on any atom is 0.123 e. The Hall–Kier alpha value is -1.74. The summed E-state index contributed by atoms with van der Waals surface area (Å²) >= 11 is 0. The van der Waals surface area contributed by atoms with Crippen molar-refractivity contribution in [2.45, 2.75) is 25.8 Å². The van der Waals surface area contributed by atoms with Crippen LogP contribution in [0.4, 0.5) is 8.78 Å². The summed E-state index contributed by atoms with van der Waals surface area (Å²) in [5, 5.41) is 0. The lowest BCUT2D eigenvalue weighted by Gasteiger charge is -2.13. The molecule has 0 saturated carbocycles. The quantitative estimate of drug-likeness (QED) is 0.897. The Morgan fingerprint density at radius 2 is 1.74 bits per heavy atom. The fourth-order valence-electron chi connectivity index (χ4n) is 2.21. The van der Waals surface area contributed by atoms with Crippen LogP contribution in [-0.4, -0.2) is 6.04 Å². The minimum atomic E-state index is -0.248. The SMILES string of the molecule is Cc1cc(F)ccc1CC(N)Cc1cccc(F)c1. The van der Waals surface area contributed by atoms with Crippen LogP contribution in [0.3, 0.4) is 0 Å². The Bertz CT molecular complexity index is 566. The highest BCUT2D eigenvalue weighted by Crippen LogP contribution is 2.14. The number of rotatable bonds is 4. The van der Waals surface area contributed by atoms with Crippen molar-refractivity contribution < 1.29 is 8.78 Å². The first-order chi connectivity index (χ1) is 9.04. The van der Waals surface area contributed by atoms with E-state index in [4.69, 9.17) is 5.73 Å². The summed E-state index contributed by atoms with van der Waals surface area (Å²) in [7, 11) is 0. The molecule has 1 nitrogen and oxygen atoms in total. The van der Waals surface area contributed by atoms with Crippen molar-refractivity contribution in [1.29, 1.82) is 0 Å². The number of nitrogens with two attached hydrogens (primary N) is 1. The Balaban J connectivity index is 2.03. The molecule has 2 rings (SSSR count). The van der Waals surface area contributed by atoms with E-state index in [9.17, 15) is 8.78 Å². The Labute approximate surface area is 112 Å². The van der Waals surface area contributed by atoms with Gasteiger partial charge in [-0.3, -0.25) is 0 Å². The van der Waals surface area contributed by atoms with E-state index in [1.165, 1.54) is 24.3 Å². The molecule has 2 aromatic carbocycles. The molecule has 2 aromatic rings. The van der Waals surface area contributed by atoms with Gasteiger partial charge in [0.2, 0.25) is 0 Å². The van der Waals surface area contributed by atoms with Gasteiger partial charge in [0.15, 0.2) is 0 Å². The van der Waals surface area contributed by atoms with E-state index in [-0.39, 0.29) is 17.7 Å². The maximum atomic E-state index is 13.1. The molecular weight excluding hydrogens is 244 g/mol. The standard InChI is InChI=1S/C16H17F2N/c1-11-7-15(18)6-5-13(11)10-16(19)9-12-3-2-4-14(17)8-12/h2-8,16H,9-10,19H2,1H3. The molecule has 0 spiro atoms. The molecule has 0 heterocycles. The normalized spacial score (nSPS) is 12.4. The zero-order valence-corrected chi connectivity index (χ0v) is 10.9. The van der Waals surface area contributed by atoms with E-state index in [0.717, 1.165) is 16.7 Å². The summed E-state index contributed by atoms with van der Waals surface area (Å²) in [4.78, 5) is 0. The lowest BCUT2D eigenvalue weighted by atomic mass is 9.97. The zero-order chi connectivity index (χ0) is 13.8. The van der Waals surface area contributed by atoms with E-state index in [0.29, 0.717) is 12.8 Å². The number of aryl methyl sites for hydroxylation is 1. The molecule has 0 saturated heterocycles. The van der Waals surface area contributed by atoms with Gasteiger partial charge in [0.1, 0.15) is 11.6 Å². The van der Waals surface area contributed by atoms with Gasteiger partial charge in [0.05, 0.1) is 0 Å². The van der Waals surface area contributed by atoms with Gasteiger partial charge in [0, 0.05) is 6.04 Å². The highest BCUT2D eigenvalue weighted by atomic mass is 19.1. The molecule has 0 bridgehead atoms. The summed E-state index contributed by atoms with van der Waals surface area (Å²) in [5.41, 5.74) is 8.89. The molecule has 3 heteroatoms. The van der Waals surface area contributed by atoms with Crippen LogP contribution in [0.1, 0.15) is 16.7 Å². The maximum absolute atomic E-state index is 13.1. The first-order valence-electron chi connectivity index (χ1n) is 6.29. The van der Waals surface area contributed by atoms with Gasteiger partial charge >= 0.3 is 0 Å². The third kappa shape index (κ3) is 3.86. The predicted molar refractivity (Wildman–Crippen MR) is 72.9 cm³/mol. The van der Waals surface area contributed by atoms with E-state index < -0.39 is 0 Å². The average Bonchev–Trinajstić information content (AvgIpc) is 2.33.